The molecule has 1 unspecified atom stereocenters. The molecule has 116 valence electrons. The van der Waals surface area contributed by atoms with Crippen LogP contribution < -0.4 is 9.47 Å². The van der Waals surface area contributed by atoms with Crippen LogP contribution in [-0.4, -0.2) is 38.7 Å². The number of thioether (sulfide) groups is 1. The van der Waals surface area contributed by atoms with Gasteiger partial charge in [0.2, 0.25) is 5.16 Å². The van der Waals surface area contributed by atoms with Gasteiger partial charge in [-0.25, -0.2) is 0 Å². The van der Waals surface area contributed by atoms with Gasteiger partial charge in [0.25, 0.3) is 0 Å². The number of para-hydroxylation sites is 3. The first-order valence-corrected chi connectivity index (χ1v) is 8.24. The fourth-order valence-corrected chi connectivity index (χ4v) is 3.17. The van der Waals surface area contributed by atoms with Crippen molar-refractivity contribution in [3.05, 3.63) is 54.6 Å². The zero-order valence-electron chi connectivity index (χ0n) is 12.2. The second-order valence-corrected chi connectivity index (χ2v) is 6.00. The van der Waals surface area contributed by atoms with Crippen molar-refractivity contribution in [2.24, 2.45) is 0 Å². The van der Waals surface area contributed by atoms with Crippen LogP contribution in [0.5, 0.6) is 11.5 Å². The molecule has 23 heavy (non-hydrogen) atoms. The van der Waals surface area contributed by atoms with Gasteiger partial charge in [0, 0.05) is 5.75 Å². The molecule has 0 saturated heterocycles. The van der Waals surface area contributed by atoms with Crippen LogP contribution in [-0.2, 0) is 0 Å². The summed E-state index contributed by atoms with van der Waals surface area (Å²) >= 11 is 1.55. The van der Waals surface area contributed by atoms with E-state index in [4.69, 9.17) is 9.47 Å². The Morgan fingerprint density at radius 2 is 1.83 bits per heavy atom. The molecule has 0 aliphatic carbocycles. The summed E-state index contributed by atoms with van der Waals surface area (Å²) in [6, 6.07) is 17.5. The fourth-order valence-electron chi connectivity index (χ4n) is 2.31. The lowest BCUT2D eigenvalue weighted by Gasteiger charge is -2.25. The molecular weight excluding hydrogens is 312 g/mol. The maximum Gasteiger partial charge on any atom is 0.214 e. The first-order chi connectivity index (χ1) is 11.4. The van der Waals surface area contributed by atoms with Crippen molar-refractivity contribution in [2.75, 3.05) is 12.4 Å². The largest absolute Gasteiger partial charge is 0.486 e. The van der Waals surface area contributed by atoms with Crippen molar-refractivity contribution in [3.8, 4) is 17.2 Å². The lowest BCUT2D eigenvalue weighted by Crippen LogP contribution is -2.31. The van der Waals surface area contributed by atoms with Gasteiger partial charge in [-0.15, -0.1) is 5.10 Å². The van der Waals surface area contributed by atoms with Gasteiger partial charge >= 0.3 is 0 Å². The van der Waals surface area contributed by atoms with Crippen LogP contribution in [0, 0.1) is 0 Å². The molecule has 1 aromatic heterocycles. The Balaban J connectivity index is 1.44. The maximum atomic E-state index is 5.95. The summed E-state index contributed by atoms with van der Waals surface area (Å²) in [5.74, 6) is 2.29. The lowest BCUT2D eigenvalue weighted by molar-refractivity contribution is 0.107. The number of tetrazole rings is 1. The third-order valence-electron chi connectivity index (χ3n) is 3.41. The Hall–Kier alpha value is -2.54. The van der Waals surface area contributed by atoms with Gasteiger partial charge in [0.1, 0.15) is 12.7 Å². The van der Waals surface area contributed by atoms with Gasteiger partial charge in [-0.1, -0.05) is 42.1 Å². The van der Waals surface area contributed by atoms with Crippen molar-refractivity contribution in [1.82, 2.24) is 20.2 Å². The van der Waals surface area contributed by atoms with Crippen molar-refractivity contribution < 1.29 is 9.47 Å². The van der Waals surface area contributed by atoms with E-state index in [1.807, 2.05) is 54.6 Å². The molecule has 3 aromatic rings. The molecule has 2 heterocycles. The molecule has 0 amide bonds. The van der Waals surface area contributed by atoms with E-state index in [1.54, 1.807) is 16.4 Å². The van der Waals surface area contributed by atoms with Crippen LogP contribution in [0.25, 0.3) is 5.69 Å². The molecule has 6 nitrogen and oxygen atoms in total. The fraction of sp³-hybridized carbons (Fsp3) is 0.188. The van der Waals surface area contributed by atoms with E-state index in [-0.39, 0.29) is 6.10 Å². The number of rotatable bonds is 4. The highest BCUT2D eigenvalue weighted by Crippen LogP contribution is 2.32. The highest BCUT2D eigenvalue weighted by atomic mass is 32.2. The number of benzene rings is 2. The minimum atomic E-state index is -0.0316. The van der Waals surface area contributed by atoms with E-state index in [1.165, 1.54) is 0 Å². The van der Waals surface area contributed by atoms with Crippen LogP contribution >= 0.6 is 11.8 Å². The van der Waals surface area contributed by atoms with Crippen LogP contribution in [0.1, 0.15) is 0 Å². The molecule has 7 heteroatoms. The Kier molecular flexibility index (Phi) is 3.85. The summed E-state index contributed by atoms with van der Waals surface area (Å²) in [6.45, 7) is 0.525. The second kappa shape index (κ2) is 6.29. The molecule has 0 radical (unpaired) electrons. The maximum absolute atomic E-state index is 5.95. The van der Waals surface area contributed by atoms with E-state index >= 15 is 0 Å². The molecule has 0 spiro atoms. The highest BCUT2D eigenvalue weighted by molar-refractivity contribution is 7.99. The highest BCUT2D eigenvalue weighted by Gasteiger charge is 2.22. The predicted octanol–water partition coefficient (Wildman–Crippen LogP) is 2.59. The summed E-state index contributed by atoms with van der Waals surface area (Å²) in [7, 11) is 0. The molecule has 0 fully saturated rings. The second-order valence-electron chi connectivity index (χ2n) is 5.02. The quantitative estimate of drug-likeness (QED) is 0.687. The summed E-state index contributed by atoms with van der Waals surface area (Å²) in [5, 5.41) is 12.6. The molecule has 0 N–H and O–H groups in total. The summed E-state index contributed by atoms with van der Waals surface area (Å²) in [4.78, 5) is 0. The lowest BCUT2D eigenvalue weighted by atomic mass is 10.3. The molecule has 0 saturated carbocycles. The van der Waals surface area contributed by atoms with E-state index in [9.17, 15) is 0 Å². The number of fused-ring (bicyclic) bond motifs is 1. The van der Waals surface area contributed by atoms with E-state index in [2.05, 4.69) is 15.5 Å². The monoisotopic (exact) mass is 326 g/mol. The minimum absolute atomic E-state index is 0.0316. The first kappa shape index (κ1) is 14.1. The van der Waals surface area contributed by atoms with Gasteiger partial charge in [0.05, 0.1) is 5.69 Å². The van der Waals surface area contributed by atoms with E-state index in [0.717, 1.165) is 22.3 Å². The van der Waals surface area contributed by atoms with Crippen LogP contribution in [0.15, 0.2) is 59.8 Å². The van der Waals surface area contributed by atoms with Crippen LogP contribution in [0.4, 0.5) is 0 Å². The molecule has 0 bridgehead atoms. The van der Waals surface area contributed by atoms with Gasteiger partial charge in [-0.2, -0.15) is 4.68 Å². The summed E-state index contributed by atoms with van der Waals surface area (Å²) in [5.41, 5.74) is 0.936. The zero-order chi connectivity index (χ0) is 15.5. The SMILES string of the molecule is c1ccc(-n2nnnc2SCC2COc3ccccc3O2)cc1. The summed E-state index contributed by atoms with van der Waals surface area (Å²) in [6.07, 6.45) is -0.0316. The molecule has 1 atom stereocenters. The van der Waals surface area contributed by atoms with Gasteiger partial charge in [0.15, 0.2) is 11.5 Å². The molecule has 4 rings (SSSR count). The van der Waals surface area contributed by atoms with Crippen molar-refractivity contribution in [3.63, 3.8) is 0 Å². The number of hydrogen-bond acceptors (Lipinski definition) is 6. The average molecular weight is 326 g/mol. The van der Waals surface area contributed by atoms with Crippen LogP contribution in [0.3, 0.4) is 0 Å². The van der Waals surface area contributed by atoms with E-state index < -0.39 is 0 Å². The number of hydrogen-bond donors (Lipinski definition) is 0. The smallest absolute Gasteiger partial charge is 0.214 e. The molecule has 1 aliphatic rings. The number of aromatic nitrogens is 4. The molecular formula is C16H14N4O2S. The number of nitrogens with zero attached hydrogens (tertiary/aromatic N) is 4. The summed E-state index contributed by atoms with van der Waals surface area (Å²) < 4.78 is 13.4. The molecule has 2 aromatic carbocycles. The Morgan fingerprint density at radius 1 is 1.04 bits per heavy atom. The first-order valence-electron chi connectivity index (χ1n) is 7.25. The Bertz CT molecular complexity index is 794. The topological polar surface area (TPSA) is 62.1 Å². The Morgan fingerprint density at radius 3 is 2.70 bits per heavy atom. The van der Waals surface area contributed by atoms with Gasteiger partial charge < -0.3 is 9.47 Å². The van der Waals surface area contributed by atoms with E-state index in [0.29, 0.717) is 12.4 Å². The normalized spacial score (nSPS) is 16.3. The van der Waals surface area contributed by atoms with Gasteiger partial charge in [-0.05, 0) is 34.7 Å². The van der Waals surface area contributed by atoms with Crippen molar-refractivity contribution >= 4 is 11.8 Å². The number of ether oxygens (including phenoxy) is 2. The van der Waals surface area contributed by atoms with Crippen LogP contribution in [0.2, 0.25) is 0 Å². The zero-order valence-corrected chi connectivity index (χ0v) is 13.0. The average Bonchev–Trinajstić information content (AvgIpc) is 3.09. The predicted molar refractivity (Wildman–Crippen MR) is 86.2 cm³/mol. The third-order valence-corrected chi connectivity index (χ3v) is 4.46. The molecule has 1 aliphatic heterocycles. The van der Waals surface area contributed by atoms with Gasteiger partial charge in [-0.3, -0.25) is 0 Å². The Labute approximate surface area is 137 Å². The minimum Gasteiger partial charge on any atom is -0.486 e. The van der Waals surface area contributed by atoms with Crippen molar-refractivity contribution in [2.45, 2.75) is 11.3 Å². The third kappa shape index (κ3) is 3.00. The van der Waals surface area contributed by atoms with Crippen molar-refractivity contribution in [1.29, 1.82) is 0 Å². The standard InChI is InChI=1S/C16H14N4O2S/c1-2-6-12(7-3-1)20-16(17-18-19-20)23-11-13-10-21-14-8-4-5-9-15(14)22-13/h1-9,13H,10-11H2.